The lowest BCUT2D eigenvalue weighted by Gasteiger charge is -2.18. The van der Waals surface area contributed by atoms with E-state index in [1.807, 2.05) is 18.2 Å². The van der Waals surface area contributed by atoms with E-state index >= 15 is 0 Å². The van der Waals surface area contributed by atoms with E-state index in [-0.39, 0.29) is 5.91 Å². The second-order valence-electron chi connectivity index (χ2n) is 4.72. The Balaban J connectivity index is 2.07. The summed E-state index contributed by atoms with van der Waals surface area (Å²) in [6.45, 7) is 7.19. The van der Waals surface area contributed by atoms with Gasteiger partial charge in [-0.3, -0.25) is 9.69 Å². The van der Waals surface area contributed by atoms with Crippen LogP contribution >= 0.6 is 15.9 Å². The lowest BCUT2D eigenvalue weighted by Crippen LogP contribution is -2.22. The molecule has 2 aromatic rings. The summed E-state index contributed by atoms with van der Waals surface area (Å²) in [4.78, 5) is 14.5. The quantitative estimate of drug-likeness (QED) is 0.851. The Hall–Kier alpha value is -1.59. The van der Waals surface area contributed by atoms with E-state index in [9.17, 15) is 4.79 Å². The van der Waals surface area contributed by atoms with E-state index in [1.54, 1.807) is 6.07 Å². The molecule has 0 aliphatic heterocycles. The predicted molar refractivity (Wildman–Crippen MR) is 87.4 cm³/mol. The number of anilines is 1. The van der Waals surface area contributed by atoms with Crippen LogP contribution in [0.1, 0.15) is 29.8 Å². The Labute approximate surface area is 133 Å². The molecule has 0 saturated carbocycles. The molecule has 0 spiro atoms. The van der Waals surface area contributed by atoms with Crippen LogP contribution in [0.5, 0.6) is 0 Å². The molecule has 1 aromatic heterocycles. The van der Waals surface area contributed by atoms with Gasteiger partial charge in [-0.1, -0.05) is 26.0 Å². The van der Waals surface area contributed by atoms with Gasteiger partial charge in [0.1, 0.15) is 0 Å². The molecule has 112 valence electrons. The van der Waals surface area contributed by atoms with Gasteiger partial charge in [0.25, 0.3) is 5.91 Å². The van der Waals surface area contributed by atoms with Crippen LogP contribution in [0, 0.1) is 0 Å². The van der Waals surface area contributed by atoms with Gasteiger partial charge < -0.3 is 9.73 Å². The number of hydrogen-bond donors (Lipinski definition) is 1. The molecule has 5 heteroatoms. The molecule has 0 radical (unpaired) electrons. The summed E-state index contributed by atoms with van der Waals surface area (Å²) < 4.78 is 5.52. The number of rotatable bonds is 6. The number of carbonyl (C=O) groups excluding carboxylic acids is 1. The zero-order chi connectivity index (χ0) is 15.2. The summed E-state index contributed by atoms with van der Waals surface area (Å²) >= 11 is 3.21. The highest BCUT2D eigenvalue weighted by Crippen LogP contribution is 2.20. The molecule has 2 rings (SSSR count). The van der Waals surface area contributed by atoms with Gasteiger partial charge in [0, 0.05) is 12.2 Å². The SMILES string of the molecule is CCN(CC)Cc1cccc(NC(=O)c2ccoc2Br)c1. The standard InChI is InChI=1S/C16H19BrN2O2/c1-3-19(4-2)11-12-6-5-7-13(10-12)18-16(20)14-8-9-21-15(14)17/h5-10H,3-4,11H2,1-2H3,(H,18,20). The largest absolute Gasteiger partial charge is 0.457 e. The van der Waals surface area contributed by atoms with Crippen molar-refractivity contribution >= 4 is 27.5 Å². The van der Waals surface area contributed by atoms with Crippen molar-refractivity contribution in [1.29, 1.82) is 0 Å². The van der Waals surface area contributed by atoms with Gasteiger partial charge in [0.05, 0.1) is 11.8 Å². The molecule has 1 aromatic carbocycles. The van der Waals surface area contributed by atoms with Gasteiger partial charge >= 0.3 is 0 Å². The van der Waals surface area contributed by atoms with Crippen molar-refractivity contribution in [2.24, 2.45) is 0 Å². The number of nitrogens with zero attached hydrogens (tertiary/aromatic N) is 1. The normalized spacial score (nSPS) is 10.9. The topological polar surface area (TPSA) is 45.5 Å². The molecule has 0 aliphatic carbocycles. The Morgan fingerprint density at radius 1 is 1.29 bits per heavy atom. The Morgan fingerprint density at radius 2 is 2.05 bits per heavy atom. The van der Waals surface area contributed by atoms with E-state index in [2.05, 4.69) is 46.1 Å². The monoisotopic (exact) mass is 350 g/mol. The summed E-state index contributed by atoms with van der Waals surface area (Å²) in [5, 5.41) is 2.89. The number of halogens is 1. The number of carbonyl (C=O) groups is 1. The molecule has 21 heavy (non-hydrogen) atoms. The Morgan fingerprint density at radius 3 is 2.67 bits per heavy atom. The van der Waals surface area contributed by atoms with E-state index < -0.39 is 0 Å². The van der Waals surface area contributed by atoms with Crippen LogP contribution in [-0.2, 0) is 6.54 Å². The predicted octanol–water partition coefficient (Wildman–Crippen LogP) is 4.14. The number of furan rings is 1. The average Bonchev–Trinajstić information content (AvgIpc) is 2.91. The van der Waals surface area contributed by atoms with Gasteiger partial charge in [0.2, 0.25) is 0 Å². The van der Waals surface area contributed by atoms with Crippen molar-refractivity contribution in [3.05, 3.63) is 52.4 Å². The third kappa shape index (κ3) is 4.19. The van der Waals surface area contributed by atoms with Gasteiger partial charge in [-0.15, -0.1) is 0 Å². The smallest absolute Gasteiger partial charge is 0.260 e. The van der Waals surface area contributed by atoms with Crippen LogP contribution in [0.3, 0.4) is 0 Å². The number of benzene rings is 1. The highest BCUT2D eigenvalue weighted by Gasteiger charge is 2.13. The first-order chi connectivity index (χ1) is 10.1. The van der Waals surface area contributed by atoms with Crippen LogP contribution in [0.15, 0.2) is 45.7 Å². The van der Waals surface area contributed by atoms with Crippen LogP contribution in [0.25, 0.3) is 0 Å². The molecule has 0 bridgehead atoms. The summed E-state index contributed by atoms with van der Waals surface area (Å²) in [6.07, 6.45) is 1.48. The summed E-state index contributed by atoms with van der Waals surface area (Å²) in [6, 6.07) is 9.56. The first kappa shape index (κ1) is 15.8. The first-order valence-corrected chi connectivity index (χ1v) is 7.79. The van der Waals surface area contributed by atoms with Crippen molar-refractivity contribution < 1.29 is 9.21 Å². The van der Waals surface area contributed by atoms with Gasteiger partial charge in [-0.2, -0.15) is 0 Å². The van der Waals surface area contributed by atoms with E-state index in [0.29, 0.717) is 10.2 Å². The van der Waals surface area contributed by atoms with Gasteiger partial charge in [-0.05, 0) is 52.8 Å². The van der Waals surface area contributed by atoms with Crippen molar-refractivity contribution in [3.63, 3.8) is 0 Å². The van der Waals surface area contributed by atoms with Crippen molar-refractivity contribution in [1.82, 2.24) is 4.90 Å². The van der Waals surface area contributed by atoms with Crippen molar-refractivity contribution in [3.8, 4) is 0 Å². The maximum atomic E-state index is 12.1. The Bertz CT molecular complexity index is 606. The molecule has 0 atom stereocenters. The number of nitrogens with one attached hydrogen (secondary N) is 1. The van der Waals surface area contributed by atoms with E-state index in [1.165, 1.54) is 11.8 Å². The van der Waals surface area contributed by atoms with Crippen molar-refractivity contribution in [2.75, 3.05) is 18.4 Å². The molecule has 0 saturated heterocycles. The maximum Gasteiger partial charge on any atom is 0.260 e. The Kier molecular flexibility index (Phi) is 5.59. The van der Waals surface area contributed by atoms with Crippen molar-refractivity contribution in [2.45, 2.75) is 20.4 Å². The molecule has 1 amide bonds. The van der Waals surface area contributed by atoms with E-state index in [0.717, 1.165) is 25.3 Å². The van der Waals surface area contributed by atoms with Gasteiger partial charge in [-0.25, -0.2) is 0 Å². The highest BCUT2D eigenvalue weighted by molar-refractivity contribution is 9.10. The van der Waals surface area contributed by atoms with Crippen LogP contribution < -0.4 is 5.32 Å². The molecule has 0 fully saturated rings. The molecule has 0 unspecified atom stereocenters. The van der Waals surface area contributed by atoms with Crippen LogP contribution in [0.4, 0.5) is 5.69 Å². The fourth-order valence-electron chi connectivity index (χ4n) is 2.11. The second-order valence-corrected chi connectivity index (χ2v) is 5.44. The zero-order valence-electron chi connectivity index (χ0n) is 12.2. The molecular weight excluding hydrogens is 332 g/mol. The van der Waals surface area contributed by atoms with Gasteiger partial charge in [0.15, 0.2) is 4.67 Å². The lowest BCUT2D eigenvalue weighted by molar-refractivity contribution is 0.102. The highest BCUT2D eigenvalue weighted by atomic mass is 79.9. The number of amides is 1. The molecule has 1 heterocycles. The van der Waals surface area contributed by atoms with E-state index in [4.69, 9.17) is 4.42 Å². The fraction of sp³-hybridized carbons (Fsp3) is 0.312. The fourth-order valence-corrected chi connectivity index (χ4v) is 2.53. The minimum absolute atomic E-state index is 0.185. The third-order valence-corrected chi connectivity index (χ3v) is 3.96. The average molecular weight is 351 g/mol. The minimum Gasteiger partial charge on any atom is -0.457 e. The molecular formula is C16H19BrN2O2. The second kappa shape index (κ2) is 7.43. The van der Waals surface area contributed by atoms with Crippen LogP contribution in [-0.4, -0.2) is 23.9 Å². The summed E-state index contributed by atoms with van der Waals surface area (Å²) in [7, 11) is 0. The third-order valence-electron chi connectivity index (χ3n) is 3.35. The summed E-state index contributed by atoms with van der Waals surface area (Å²) in [5.41, 5.74) is 2.46. The lowest BCUT2D eigenvalue weighted by atomic mass is 10.2. The zero-order valence-corrected chi connectivity index (χ0v) is 13.8. The van der Waals surface area contributed by atoms with Crippen LogP contribution in [0.2, 0.25) is 0 Å². The number of hydrogen-bond acceptors (Lipinski definition) is 3. The molecule has 4 nitrogen and oxygen atoms in total. The summed E-state index contributed by atoms with van der Waals surface area (Å²) in [5.74, 6) is -0.185. The first-order valence-electron chi connectivity index (χ1n) is 6.99. The molecule has 1 N–H and O–H groups in total. The maximum absolute atomic E-state index is 12.1. The minimum atomic E-state index is -0.185. The molecule has 0 aliphatic rings.